The summed E-state index contributed by atoms with van der Waals surface area (Å²) < 4.78 is 6.09. The zero-order chi connectivity index (χ0) is 10.4. The van der Waals surface area contributed by atoms with E-state index in [9.17, 15) is 0 Å². The molecule has 0 heterocycles. The molecule has 0 aliphatic carbocycles. The van der Waals surface area contributed by atoms with Gasteiger partial charge in [-0.2, -0.15) is 0 Å². The first kappa shape index (κ1) is 11.3. The number of nitrogens with two attached hydrogens (primary N) is 1. The summed E-state index contributed by atoms with van der Waals surface area (Å²) in [4.78, 5) is 0. The van der Waals surface area contributed by atoms with Gasteiger partial charge in [-0.1, -0.05) is 0 Å². The maximum absolute atomic E-state index is 5.40. The van der Waals surface area contributed by atoms with Crippen molar-refractivity contribution in [3.05, 3.63) is 22.7 Å². The molecule has 0 amide bonds. The molecule has 14 heavy (non-hydrogen) atoms. The van der Waals surface area contributed by atoms with Gasteiger partial charge in [0.2, 0.25) is 0 Å². The highest BCUT2D eigenvalue weighted by molar-refractivity contribution is 9.10. The van der Waals surface area contributed by atoms with E-state index >= 15 is 0 Å². The Morgan fingerprint density at radius 3 is 2.86 bits per heavy atom. The fraction of sp³-hybridized carbons (Fsp3) is 0.400. The van der Waals surface area contributed by atoms with Crippen LogP contribution in [0.3, 0.4) is 0 Å². The molecule has 4 heteroatoms. The number of hydrogen-bond donors (Lipinski definition) is 2. The number of benzene rings is 1. The van der Waals surface area contributed by atoms with E-state index < -0.39 is 0 Å². The van der Waals surface area contributed by atoms with Gasteiger partial charge < -0.3 is 15.8 Å². The summed E-state index contributed by atoms with van der Waals surface area (Å²) in [6.45, 7) is 1.61. The van der Waals surface area contributed by atoms with E-state index in [0.717, 1.165) is 28.9 Å². The van der Waals surface area contributed by atoms with Crippen LogP contribution in [-0.2, 0) is 0 Å². The van der Waals surface area contributed by atoms with Gasteiger partial charge in [-0.05, 0) is 47.1 Å². The van der Waals surface area contributed by atoms with Crippen molar-refractivity contribution in [2.24, 2.45) is 5.73 Å². The van der Waals surface area contributed by atoms with Crippen molar-refractivity contribution < 1.29 is 4.74 Å². The molecule has 0 aromatic heterocycles. The molecule has 0 saturated carbocycles. The number of hydrogen-bond acceptors (Lipinski definition) is 3. The Kier molecular flexibility index (Phi) is 4.76. The van der Waals surface area contributed by atoms with Gasteiger partial charge in [0.05, 0.1) is 11.6 Å². The average molecular weight is 259 g/mol. The van der Waals surface area contributed by atoms with Crippen molar-refractivity contribution in [2.75, 3.05) is 25.5 Å². The van der Waals surface area contributed by atoms with Crippen molar-refractivity contribution in [1.29, 1.82) is 0 Å². The number of rotatable bonds is 5. The summed E-state index contributed by atoms with van der Waals surface area (Å²) in [5.74, 6) is 0.842. The predicted molar refractivity (Wildman–Crippen MR) is 62.9 cm³/mol. The summed E-state index contributed by atoms with van der Waals surface area (Å²) >= 11 is 3.43. The molecular formula is C10H15BrN2O. The zero-order valence-corrected chi connectivity index (χ0v) is 9.80. The molecule has 78 valence electrons. The van der Waals surface area contributed by atoms with Crippen molar-refractivity contribution in [1.82, 2.24) is 0 Å². The van der Waals surface area contributed by atoms with Crippen LogP contribution >= 0.6 is 15.9 Å². The number of ether oxygens (including phenoxy) is 1. The molecular weight excluding hydrogens is 244 g/mol. The van der Waals surface area contributed by atoms with Gasteiger partial charge in [0.25, 0.3) is 0 Å². The number of methoxy groups -OCH3 is 1. The minimum Gasteiger partial charge on any atom is -0.496 e. The molecule has 1 aromatic rings. The lowest BCUT2D eigenvalue weighted by Crippen LogP contribution is -2.08. The highest BCUT2D eigenvalue weighted by Crippen LogP contribution is 2.27. The van der Waals surface area contributed by atoms with Crippen LogP contribution in [0.1, 0.15) is 6.42 Å². The third-order valence-corrected chi connectivity index (χ3v) is 2.48. The monoisotopic (exact) mass is 258 g/mol. The molecule has 1 rings (SSSR count). The van der Waals surface area contributed by atoms with Crippen LogP contribution in [0.4, 0.5) is 5.69 Å². The van der Waals surface area contributed by atoms with E-state index in [1.807, 2.05) is 18.2 Å². The standard InChI is InChI=1S/C10H15BrN2O/c1-14-10-4-3-8(7-9(10)11)13-6-2-5-12/h3-4,7,13H,2,5-6,12H2,1H3. The van der Waals surface area contributed by atoms with E-state index in [1.54, 1.807) is 7.11 Å². The van der Waals surface area contributed by atoms with Gasteiger partial charge in [0.1, 0.15) is 5.75 Å². The Labute approximate surface area is 92.8 Å². The highest BCUT2D eigenvalue weighted by Gasteiger charge is 1.99. The SMILES string of the molecule is COc1ccc(NCCCN)cc1Br. The van der Waals surface area contributed by atoms with E-state index in [2.05, 4.69) is 21.2 Å². The molecule has 3 nitrogen and oxygen atoms in total. The van der Waals surface area contributed by atoms with Crippen molar-refractivity contribution in [3.8, 4) is 5.75 Å². The molecule has 0 unspecified atom stereocenters. The molecule has 0 bridgehead atoms. The van der Waals surface area contributed by atoms with Crippen molar-refractivity contribution in [3.63, 3.8) is 0 Å². The second-order valence-electron chi connectivity index (χ2n) is 2.92. The van der Waals surface area contributed by atoms with Crippen LogP contribution in [-0.4, -0.2) is 20.2 Å². The van der Waals surface area contributed by atoms with Crippen molar-refractivity contribution in [2.45, 2.75) is 6.42 Å². The van der Waals surface area contributed by atoms with Gasteiger partial charge in [0, 0.05) is 12.2 Å². The lowest BCUT2D eigenvalue weighted by molar-refractivity contribution is 0.412. The predicted octanol–water partition coefficient (Wildman–Crippen LogP) is 2.22. The molecule has 0 aliphatic heterocycles. The maximum atomic E-state index is 5.40. The van der Waals surface area contributed by atoms with Gasteiger partial charge in [-0.25, -0.2) is 0 Å². The fourth-order valence-electron chi connectivity index (χ4n) is 1.11. The molecule has 0 atom stereocenters. The number of halogens is 1. The smallest absolute Gasteiger partial charge is 0.133 e. The van der Waals surface area contributed by atoms with Crippen LogP contribution in [0.5, 0.6) is 5.75 Å². The Morgan fingerprint density at radius 2 is 2.29 bits per heavy atom. The normalized spacial score (nSPS) is 9.93. The van der Waals surface area contributed by atoms with E-state index in [4.69, 9.17) is 10.5 Å². The molecule has 0 radical (unpaired) electrons. The minimum absolute atomic E-state index is 0.713. The van der Waals surface area contributed by atoms with E-state index in [1.165, 1.54) is 0 Å². The molecule has 0 saturated heterocycles. The summed E-state index contributed by atoms with van der Waals surface area (Å²) in [5, 5.41) is 3.27. The van der Waals surface area contributed by atoms with Gasteiger partial charge in [-0.3, -0.25) is 0 Å². The number of nitrogens with one attached hydrogen (secondary N) is 1. The lowest BCUT2D eigenvalue weighted by Gasteiger charge is -2.08. The van der Waals surface area contributed by atoms with Gasteiger partial charge in [-0.15, -0.1) is 0 Å². The van der Waals surface area contributed by atoms with Crippen LogP contribution < -0.4 is 15.8 Å². The summed E-state index contributed by atoms with van der Waals surface area (Å²) in [6.07, 6.45) is 0.976. The molecule has 0 spiro atoms. The largest absolute Gasteiger partial charge is 0.496 e. The first-order valence-corrected chi connectivity index (χ1v) is 5.34. The topological polar surface area (TPSA) is 47.3 Å². The average Bonchev–Trinajstić information content (AvgIpc) is 2.18. The minimum atomic E-state index is 0.713. The summed E-state index contributed by atoms with van der Waals surface area (Å²) in [7, 11) is 1.65. The Bertz CT molecular complexity index is 291. The number of anilines is 1. The van der Waals surface area contributed by atoms with E-state index in [-0.39, 0.29) is 0 Å². The Hall–Kier alpha value is -0.740. The zero-order valence-electron chi connectivity index (χ0n) is 8.22. The van der Waals surface area contributed by atoms with Crippen LogP contribution in [0.25, 0.3) is 0 Å². The molecule has 0 fully saturated rings. The van der Waals surface area contributed by atoms with Crippen molar-refractivity contribution >= 4 is 21.6 Å². The second kappa shape index (κ2) is 5.88. The van der Waals surface area contributed by atoms with E-state index in [0.29, 0.717) is 6.54 Å². The Morgan fingerprint density at radius 1 is 1.50 bits per heavy atom. The third kappa shape index (κ3) is 3.20. The first-order valence-electron chi connectivity index (χ1n) is 4.55. The lowest BCUT2D eigenvalue weighted by atomic mass is 10.3. The van der Waals surface area contributed by atoms with Crippen LogP contribution in [0, 0.1) is 0 Å². The summed E-state index contributed by atoms with van der Waals surface area (Å²) in [6, 6.07) is 5.91. The molecule has 3 N–H and O–H groups in total. The third-order valence-electron chi connectivity index (χ3n) is 1.86. The molecule has 0 aliphatic rings. The maximum Gasteiger partial charge on any atom is 0.133 e. The van der Waals surface area contributed by atoms with Crippen LogP contribution in [0.2, 0.25) is 0 Å². The van der Waals surface area contributed by atoms with Gasteiger partial charge >= 0.3 is 0 Å². The van der Waals surface area contributed by atoms with Crippen LogP contribution in [0.15, 0.2) is 22.7 Å². The molecule has 1 aromatic carbocycles. The quantitative estimate of drug-likeness (QED) is 0.797. The first-order chi connectivity index (χ1) is 6.77. The fourth-order valence-corrected chi connectivity index (χ4v) is 1.65. The Balaban J connectivity index is 2.57. The summed E-state index contributed by atoms with van der Waals surface area (Å²) in [5.41, 5.74) is 6.47. The highest BCUT2D eigenvalue weighted by atomic mass is 79.9. The van der Waals surface area contributed by atoms with Gasteiger partial charge in [0.15, 0.2) is 0 Å². The second-order valence-corrected chi connectivity index (χ2v) is 3.77.